The van der Waals surface area contributed by atoms with Gasteiger partial charge in [0.05, 0.1) is 15.7 Å². The van der Waals surface area contributed by atoms with Gasteiger partial charge in [-0.05, 0) is 36.4 Å². The van der Waals surface area contributed by atoms with Crippen molar-refractivity contribution in [1.29, 1.82) is 0 Å². The topological polar surface area (TPSA) is 49.3 Å². The number of nitrogens with one attached hydrogen (secondary N) is 1. The maximum Gasteiger partial charge on any atom is 0.255 e. The van der Waals surface area contributed by atoms with E-state index < -0.39 is 0 Å². The fourth-order valence-corrected chi connectivity index (χ4v) is 1.76. The van der Waals surface area contributed by atoms with Crippen molar-refractivity contribution in [2.45, 2.75) is 0 Å². The minimum Gasteiger partial charge on any atom is -0.508 e. The summed E-state index contributed by atoms with van der Waals surface area (Å²) in [5, 5.41) is 12.5. The molecule has 0 radical (unpaired) electrons. The Kier molecular flexibility index (Phi) is 3.75. The molecule has 0 aliphatic carbocycles. The molecule has 3 nitrogen and oxygen atoms in total. The lowest BCUT2D eigenvalue weighted by atomic mass is 10.2. The van der Waals surface area contributed by atoms with Crippen molar-refractivity contribution in [3.05, 3.63) is 58.1 Å². The molecule has 5 heteroatoms. The van der Waals surface area contributed by atoms with Crippen LogP contribution in [0.5, 0.6) is 5.75 Å². The molecule has 18 heavy (non-hydrogen) atoms. The first-order valence-electron chi connectivity index (χ1n) is 5.12. The number of amides is 1. The number of anilines is 1. The maximum atomic E-state index is 11.9. The van der Waals surface area contributed by atoms with E-state index in [2.05, 4.69) is 5.32 Å². The van der Waals surface area contributed by atoms with Gasteiger partial charge in [0.2, 0.25) is 0 Å². The summed E-state index contributed by atoms with van der Waals surface area (Å²) < 4.78 is 0. The third kappa shape index (κ3) is 2.75. The van der Waals surface area contributed by atoms with Gasteiger partial charge >= 0.3 is 0 Å². The number of benzene rings is 2. The quantitative estimate of drug-likeness (QED) is 0.881. The molecule has 2 aromatic rings. The molecule has 0 fully saturated rings. The van der Waals surface area contributed by atoms with Gasteiger partial charge in [0, 0.05) is 5.56 Å². The third-order valence-electron chi connectivity index (χ3n) is 2.33. The Morgan fingerprint density at radius 1 is 1.22 bits per heavy atom. The molecule has 0 saturated heterocycles. The summed E-state index contributed by atoms with van der Waals surface area (Å²) in [7, 11) is 0. The lowest BCUT2D eigenvalue weighted by Crippen LogP contribution is -2.11. The fraction of sp³-hybridized carbons (Fsp3) is 0. The summed E-state index contributed by atoms with van der Waals surface area (Å²) >= 11 is 11.8. The van der Waals surface area contributed by atoms with Crippen molar-refractivity contribution < 1.29 is 9.90 Å². The molecule has 0 atom stereocenters. The zero-order valence-corrected chi connectivity index (χ0v) is 10.7. The highest BCUT2D eigenvalue weighted by Gasteiger charge is 2.09. The van der Waals surface area contributed by atoms with Gasteiger partial charge in [0.25, 0.3) is 5.91 Å². The number of carbonyl (C=O) groups is 1. The number of aromatic hydroxyl groups is 1. The molecule has 0 saturated carbocycles. The van der Waals surface area contributed by atoms with E-state index in [1.807, 2.05) is 0 Å². The van der Waals surface area contributed by atoms with E-state index in [9.17, 15) is 4.79 Å². The van der Waals surface area contributed by atoms with Gasteiger partial charge in [-0.3, -0.25) is 4.79 Å². The van der Waals surface area contributed by atoms with Crippen LogP contribution in [0, 0.1) is 0 Å². The largest absolute Gasteiger partial charge is 0.508 e. The van der Waals surface area contributed by atoms with Crippen molar-refractivity contribution >= 4 is 34.8 Å². The fourth-order valence-electron chi connectivity index (χ4n) is 1.41. The molecule has 1 amide bonds. The molecule has 2 aromatic carbocycles. The van der Waals surface area contributed by atoms with Crippen LogP contribution in [-0.2, 0) is 0 Å². The summed E-state index contributed by atoms with van der Waals surface area (Å²) in [5.74, 6) is -0.216. The molecule has 2 rings (SSSR count). The molecular weight excluding hydrogens is 285 g/mol. The van der Waals surface area contributed by atoms with Gasteiger partial charge < -0.3 is 10.4 Å². The number of carbonyl (C=O) groups excluding carboxylic acids is 1. The Balaban J connectivity index is 2.21. The van der Waals surface area contributed by atoms with Gasteiger partial charge in [0.1, 0.15) is 5.75 Å². The van der Waals surface area contributed by atoms with Crippen molar-refractivity contribution in [2.75, 3.05) is 5.32 Å². The van der Waals surface area contributed by atoms with Gasteiger partial charge in [-0.15, -0.1) is 0 Å². The summed E-state index contributed by atoms with van der Waals surface area (Å²) in [4.78, 5) is 11.9. The van der Waals surface area contributed by atoms with Crippen LogP contribution in [0.25, 0.3) is 0 Å². The molecule has 0 spiro atoms. The second-order valence-electron chi connectivity index (χ2n) is 3.60. The van der Waals surface area contributed by atoms with Crippen LogP contribution in [0.15, 0.2) is 42.5 Å². The van der Waals surface area contributed by atoms with E-state index in [1.54, 1.807) is 18.2 Å². The second kappa shape index (κ2) is 5.29. The summed E-state index contributed by atoms with van der Waals surface area (Å²) in [6.07, 6.45) is 0. The lowest BCUT2D eigenvalue weighted by Gasteiger charge is -2.08. The number of rotatable bonds is 2. The number of phenolic OH excluding ortho intramolecular Hbond substituents is 1. The molecule has 0 aliphatic rings. The van der Waals surface area contributed by atoms with E-state index in [1.165, 1.54) is 24.3 Å². The summed E-state index contributed by atoms with van der Waals surface area (Å²) in [6, 6.07) is 10.9. The highest BCUT2D eigenvalue weighted by atomic mass is 35.5. The van der Waals surface area contributed by atoms with Gasteiger partial charge in [-0.25, -0.2) is 0 Å². The lowest BCUT2D eigenvalue weighted by molar-refractivity contribution is 0.102. The first-order chi connectivity index (χ1) is 8.58. The van der Waals surface area contributed by atoms with E-state index in [-0.39, 0.29) is 11.7 Å². The van der Waals surface area contributed by atoms with Crippen LogP contribution < -0.4 is 5.32 Å². The number of hydrogen-bond acceptors (Lipinski definition) is 2. The Hall–Kier alpha value is -1.71. The van der Waals surface area contributed by atoms with Crippen LogP contribution in [0.3, 0.4) is 0 Å². The Bertz CT molecular complexity index is 582. The predicted molar refractivity (Wildman–Crippen MR) is 72.5 cm³/mol. The standard InChI is InChI=1S/C13H9Cl2NO2/c14-10-2-1-3-11(12(10)15)16-13(18)8-4-6-9(17)7-5-8/h1-7,17H,(H,16,18)/i1+2,2+2,3+2,10+2,11+2,12+2. The third-order valence-corrected chi connectivity index (χ3v) is 3.15. The van der Waals surface area contributed by atoms with Gasteiger partial charge in [-0.2, -0.15) is 0 Å². The van der Waals surface area contributed by atoms with Crippen molar-refractivity contribution in [2.24, 2.45) is 0 Å². The van der Waals surface area contributed by atoms with Crippen molar-refractivity contribution in [3.8, 4) is 5.75 Å². The highest BCUT2D eigenvalue weighted by molar-refractivity contribution is 6.44. The van der Waals surface area contributed by atoms with Crippen molar-refractivity contribution in [3.63, 3.8) is 0 Å². The van der Waals surface area contributed by atoms with Crippen LogP contribution in [-0.4, -0.2) is 11.0 Å². The SMILES string of the molecule is O=C(N[14c]1[14cH][14cH][14cH][14c](Cl)[14c]1Cl)c1ccc(O)cc1. The molecule has 0 aliphatic heterocycles. The normalized spacial score (nSPS) is 10.1. The zero-order valence-electron chi connectivity index (χ0n) is 9.15. The minimum absolute atomic E-state index is 0.104. The maximum absolute atomic E-state index is 11.9. The number of halogens is 2. The van der Waals surface area contributed by atoms with Gasteiger partial charge in [0.15, 0.2) is 0 Å². The molecule has 0 heterocycles. The average molecular weight is 294 g/mol. The first kappa shape index (κ1) is 12.7. The highest BCUT2D eigenvalue weighted by Crippen LogP contribution is 2.29. The molecule has 0 bridgehead atoms. The number of hydrogen-bond donors (Lipinski definition) is 2. The Labute approximate surface area is 114 Å². The van der Waals surface area contributed by atoms with E-state index in [4.69, 9.17) is 28.3 Å². The van der Waals surface area contributed by atoms with E-state index >= 15 is 0 Å². The molecule has 2 N–H and O–H groups in total. The Morgan fingerprint density at radius 3 is 2.56 bits per heavy atom. The van der Waals surface area contributed by atoms with Crippen molar-refractivity contribution in [1.82, 2.24) is 0 Å². The first-order valence-corrected chi connectivity index (χ1v) is 5.88. The van der Waals surface area contributed by atoms with E-state index in [0.717, 1.165) is 0 Å². The Morgan fingerprint density at radius 2 is 1.89 bits per heavy atom. The summed E-state index contributed by atoms with van der Waals surface area (Å²) in [6.45, 7) is 0. The summed E-state index contributed by atoms with van der Waals surface area (Å²) in [5.41, 5.74) is 0.867. The number of phenols is 1. The predicted octanol–water partition coefficient (Wildman–Crippen LogP) is 3.95. The second-order valence-corrected chi connectivity index (χ2v) is 4.39. The zero-order chi connectivity index (χ0) is 13.1. The molecule has 92 valence electrons. The van der Waals surface area contributed by atoms with E-state index in [0.29, 0.717) is 21.3 Å². The smallest absolute Gasteiger partial charge is 0.255 e. The van der Waals surface area contributed by atoms with Crippen LogP contribution >= 0.6 is 23.2 Å². The van der Waals surface area contributed by atoms with Gasteiger partial charge in [-0.1, -0.05) is 29.3 Å². The van der Waals surface area contributed by atoms with Crippen LogP contribution in [0.4, 0.5) is 5.69 Å². The monoisotopic (exact) mass is 293 g/mol. The molecule has 0 unspecified atom stereocenters. The molecule has 0 aromatic heterocycles. The van der Waals surface area contributed by atoms with Crippen LogP contribution in [0.1, 0.15) is 10.4 Å². The van der Waals surface area contributed by atoms with Crippen LogP contribution in [0.2, 0.25) is 10.0 Å². The average Bonchev–Trinajstić information content (AvgIpc) is 2.36. The molecular formula is C13H9Cl2NO2. The minimum atomic E-state index is -0.320.